The minimum absolute atomic E-state index is 0.0884. The van der Waals surface area contributed by atoms with Gasteiger partial charge in [-0.2, -0.15) is 0 Å². The SMILES string of the molecule is [2H]c1c([2H])c([2H])c(-c2cccc3c2-c2cccc(-n4c5ccccc5c5ccccc54)c2-[n+]2[c-]n(-c4cccc(Oc5ccc6c7ccccc7n(-c7cc(C(C)(C)C)ccn7)c6c5)c4)c4cc(-c5ccc6oc7ccccc7c6c5)cc(c42)-c2ccccc2-3)c([2H])c1[2H]. The summed E-state index contributed by atoms with van der Waals surface area (Å²) < 4.78 is 68.4. The summed E-state index contributed by atoms with van der Waals surface area (Å²) in [4.78, 5) is 4.96. The molecule has 18 rings (SSSR count). The smallest absolute Gasteiger partial charge is 0.269 e. The van der Waals surface area contributed by atoms with Crippen LogP contribution in [-0.4, -0.2) is 18.7 Å². The highest BCUT2D eigenvalue weighted by atomic mass is 16.5. The molecule has 0 N–H and O–H groups in total. The zero-order chi connectivity index (χ0) is 63.4. The second-order valence-electron chi connectivity index (χ2n) is 24.1. The van der Waals surface area contributed by atoms with Crippen molar-refractivity contribution in [1.82, 2.24) is 18.7 Å². The molecular formula is C82H55N5O2. The van der Waals surface area contributed by atoms with Gasteiger partial charge in [-0.1, -0.05) is 197 Å². The van der Waals surface area contributed by atoms with Crippen LogP contribution in [0.2, 0.25) is 0 Å². The van der Waals surface area contributed by atoms with Gasteiger partial charge < -0.3 is 13.7 Å². The molecule has 5 aromatic heterocycles. The van der Waals surface area contributed by atoms with E-state index in [2.05, 4.69) is 233 Å². The minimum atomic E-state index is -0.455. The summed E-state index contributed by atoms with van der Waals surface area (Å²) >= 11 is 0. The second-order valence-corrected chi connectivity index (χ2v) is 24.1. The van der Waals surface area contributed by atoms with Crippen molar-refractivity contribution in [2.45, 2.75) is 26.2 Å². The normalized spacial score (nSPS) is 13.0. The molecule has 7 heteroatoms. The van der Waals surface area contributed by atoms with E-state index in [0.29, 0.717) is 22.6 Å². The molecule has 0 saturated heterocycles. The Bertz CT molecular complexity index is 6020. The topological polar surface area (TPSA) is 53.9 Å². The van der Waals surface area contributed by atoms with Crippen LogP contribution in [0.4, 0.5) is 0 Å². The van der Waals surface area contributed by atoms with Crippen molar-refractivity contribution in [3.05, 3.63) is 291 Å². The number of fused-ring (bicyclic) bond motifs is 16. The van der Waals surface area contributed by atoms with E-state index in [9.17, 15) is 2.74 Å². The molecular weight excluding hydrogens is 1090 g/mol. The summed E-state index contributed by atoms with van der Waals surface area (Å²) in [6.45, 7) is 6.66. The highest BCUT2D eigenvalue weighted by molar-refractivity contribution is 6.12. The number of para-hydroxylation sites is 5. The van der Waals surface area contributed by atoms with Gasteiger partial charge in [-0.05, 0) is 158 Å². The number of ether oxygens (including phenoxy) is 1. The van der Waals surface area contributed by atoms with E-state index in [1.807, 2.05) is 60.8 Å². The number of imidazole rings is 1. The number of benzene rings is 12. The van der Waals surface area contributed by atoms with Crippen LogP contribution in [0, 0.1) is 6.33 Å². The van der Waals surface area contributed by atoms with Gasteiger partial charge in [0, 0.05) is 44.6 Å². The monoisotopic (exact) mass is 1150 g/mol. The average molecular weight is 1150 g/mol. The lowest BCUT2D eigenvalue weighted by Crippen LogP contribution is -2.33. The molecule has 89 heavy (non-hydrogen) atoms. The first-order valence-electron chi connectivity index (χ1n) is 32.5. The summed E-state index contributed by atoms with van der Waals surface area (Å²) in [5, 5.41) is 6.40. The summed E-state index contributed by atoms with van der Waals surface area (Å²) in [5.41, 5.74) is 18.3. The van der Waals surface area contributed by atoms with Gasteiger partial charge in [0.1, 0.15) is 28.5 Å². The molecule has 1 aliphatic rings. The molecule has 0 fully saturated rings. The summed E-state index contributed by atoms with van der Waals surface area (Å²) in [6, 6.07) is 82.0. The molecule has 0 amide bonds. The fourth-order valence-electron chi connectivity index (χ4n) is 13.9. The van der Waals surface area contributed by atoms with Crippen LogP contribution in [0.25, 0.3) is 155 Å². The Morgan fingerprint density at radius 1 is 0.449 bits per heavy atom. The second kappa shape index (κ2) is 19.5. The molecule has 0 atom stereocenters. The number of aromatic nitrogens is 5. The molecule has 0 saturated carbocycles. The molecule has 420 valence electrons. The first-order valence-corrected chi connectivity index (χ1v) is 30.0. The first kappa shape index (κ1) is 45.8. The van der Waals surface area contributed by atoms with Crippen molar-refractivity contribution in [3.63, 3.8) is 0 Å². The maximum Gasteiger partial charge on any atom is 0.269 e. The molecule has 17 aromatic rings. The third-order valence-electron chi connectivity index (χ3n) is 17.9. The molecule has 1 aliphatic heterocycles. The van der Waals surface area contributed by atoms with Crippen LogP contribution in [0.15, 0.2) is 283 Å². The Morgan fingerprint density at radius 2 is 1.08 bits per heavy atom. The Kier molecular flexibility index (Phi) is 10.0. The van der Waals surface area contributed by atoms with E-state index in [0.717, 1.165) is 138 Å². The minimum Gasteiger partial charge on any atom is -0.458 e. The lowest BCUT2D eigenvalue weighted by molar-refractivity contribution is -0.571. The molecule has 0 bridgehead atoms. The van der Waals surface area contributed by atoms with Crippen molar-refractivity contribution < 1.29 is 20.6 Å². The number of hydrogen-bond acceptors (Lipinski definition) is 3. The third-order valence-corrected chi connectivity index (χ3v) is 17.9. The average Bonchev–Trinajstić information content (AvgIpc) is 1.51. The van der Waals surface area contributed by atoms with E-state index in [-0.39, 0.29) is 23.1 Å². The highest BCUT2D eigenvalue weighted by Crippen LogP contribution is 2.50. The van der Waals surface area contributed by atoms with Gasteiger partial charge >= 0.3 is 0 Å². The number of hydrogen-bond donors (Lipinski definition) is 0. The van der Waals surface area contributed by atoms with Crippen LogP contribution < -0.4 is 9.30 Å². The van der Waals surface area contributed by atoms with E-state index in [1.165, 1.54) is 5.56 Å². The van der Waals surface area contributed by atoms with Gasteiger partial charge in [0.05, 0.1) is 57.0 Å². The molecule has 7 nitrogen and oxygen atoms in total. The maximum absolute atomic E-state index is 9.59. The van der Waals surface area contributed by atoms with Gasteiger partial charge in [0.2, 0.25) is 0 Å². The van der Waals surface area contributed by atoms with Crippen LogP contribution in [0.5, 0.6) is 11.5 Å². The predicted octanol–water partition coefficient (Wildman–Crippen LogP) is 20.9. The van der Waals surface area contributed by atoms with E-state index in [4.69, 9.17) is 18.3 Å². The Balaban J connectivity index is 0.933. The van der Waals surface area contributed by atoms with Gasteiger partial charge in [0.25, 0.3) is 6.33 Å². The molecule has 12 aromatic carbocycles. The fraction of sp³-hybridized carbons (Fsp3) is 0.0488. The predicted molar refractivity (Wildman–Crippen MR) is 363 cm³/mol. The van der Waals surface area contributed by atoms with Crippen molar-refractivity contribution in [2.24, 2.45) is 0 Å². The summed E-state index contributed by atoms with van der Waals surface area (Å²) in [6.07, 6.45) is 5.94. The number of pyridine rings is 1. The van der Waals surface area contributed by atoms with Gasteiger partial charge in [-0.25, -0.2) is 4.98 Å². The van der Waals surface area contributed by atoms with E-state index in [1.54, 1.807) is 0 Å². The largest absolute Gasteiger partial charge is 0.458 e. The van der Waals surface area contributed by atoms with Gasteiger partial charge in [-0.15, -0.1) is 0 Å². The van der Waals surface area contributed by atoms with Gasteiger partial charge in [0.15, 0.2) is 0 Å². The quantitative estimate of drug-likeness (QED) is 0.118. The summed E-state index contributed by atoms with van der Waals surface area (Å²) in [5.74, 6) is 2.09. The number of rotatable bonds is 7. The number of furan rings is 1. The Hall–Kier alpha value is -11.5. The molecule has 0 spiro atoms. The van der Waals surface area contributed by atoms with Crippen LogP contribution in [0.1, 0.15) is 33.2 Å². The molecule has 0 unspecified atom stereocenters. The Labute approximate surface area is 520 Å². The lowest BCUT2D eigenvalue weighted by atomic mass is 9.84. The van der Waals surface area contributed by atoms with Crippen molar-refractivity contribution in [1.29, 1.82) is 0 Å². The maximum atomic E-state index is 9.59. The fourth-order valence-corrected chi connectivity index (χ4v) is 13.9. The van der Waals surface area contributed by atoms with Crippen molar-refractivity contribution in [2.75, 3.05) is 0 Å². The highest BCUT2D eigenvalue weighted by Gasteiger charge is 2.30. The van der Waals surface area contributed by atoms with Crippen molar-refractivity contribution in [3.8, 4) is 90.0 Å². The summed E-state index contributed by atoms with van der Waals surface area (Å²) in [7, 11) is 0. The third kappa shape index (κ3) is 7.91. The molecule has 0 radical (unpaired) electrons. The van der Waals surface area contributed by atoms with Gasteiger partial charge in [-0.3, -0.25) is 13.7 Å². The van der Waals surface area contributed by atoms with Crippen molar-refractivity contribution >= 4 is 76.6 Å². The van der Waals surface area contributed by atoms with Crippen LogP contribution in [-0.2, 0) is 5.41 Å². The molecule has 0 aliphatic carbocycles. The first-order chi connectivity index (χ1) is 45.8. The van der Waals surface area contributed by atoms with E-state index >= 15 is 0 Å². The van der Waals surface area contributed by atoms with E-state index < -0.39 is 18.1 Å². The zero-order valence-corrected chi connectivity index (χ0v) is 48.7. The number of nitrogens with zero attached hydrogens (tertiary/aromatic N) is 5. The lowest BCUT2D eigenvalue weighted by Gasteiger charge is -2.22. The van der Waals surface area contributed by atoms with Crippen LogP contribution >= 0.6 is 0 Å². The Morgan fingerprint density at radius 3 is 1.85 bits per heavy atom. The standard InChI is InChI=1S/C82H55N5O2/c1-82(2,3)54-42-43-83-78(47-54)87-72-35-15-11-28-63(72)64-40-39-57(49-74(64)87)88-56-23-17-22-55(48-56)84-50-85-80-67(32-19-36-73(80)86-70-33-13-9-26-61(70)62-27-10-14-34-71(62)86)79-58(51-20-5-4-6-21-51)30-18-31-66(79)59-24-7-8-25-60(59)69-45-53(46-75(84)81(69)85)52-38-41-77-68(44-52)65-29-12-16-37-76(65)89-77/h4-49H,1-3H3/i4D,5D,6D,20D,21D. The van der Waals surface area contributed by atoms with Crippen LogP contribution in [0.3, 0.4) is 0 Å². The zero-order valence-electron chi connectivity index (χ0n) is 53.7. The molecule has 6 heterocycles.